The standard InChI is InChI=1S/C23H26FN7O.C2HF3O2/c1-15-12-30-13-18(17(24)11-20(30)26-15)27-22(32)31-8-4-16-19(3-7-25-21(16)31)29-10-9-28(2)23(14-29)5-6-23;3-2(4,5)1(6)7/h3,7,11-13H,4-6,8-10,14H2,1-2H3,(H,27,32);(H,6,7). The number of fused-ring (bicyclic) bond motifs is 2. The van der Waals surface area contributed by atoms with Crippen molar-refractivity contribution in [1.82, 2.24) is 19.3 Å². The van der Waals surface area contributed by atoms with Gasteiger partial charge in [0.05, 0.1) is 11.4 Å². The number of hydrogen-bond donors (Lipinski definition) is 2. The normalized spacial score (nSPS) is 18.1. The fourth-order valence-electron chi connectivity index (χ4n) is 5.13. The molecule has 208 valence electrons. The number of nitrogens with one attached hydrogen (secondary N) is 1. The topological polar surface area (TPSA) is 106 Å². The Morgan fingerprint density at radius 1 is 1.15 bits per heavy atom. The van der Waals surface area contributed by atoms with Gasteiger partial charge in [-0.1, -0.05) is 0 Å². The maximum atomic E-state index is 14.6. The van der Waals surface area contributed by atoms with Crippen LogP contribution in [0.3, 0.4) is 0 Å². The van der Waals surface area contributed by atoms with Crippen molar-refractivity contribution in [3.63, 3.8) is 0 Å². The van der Waals surface area contributed by atoms with Gasteiger partial charge in [-0.05, 0) is 39.3 Å². The third-order valence-corrected chi connectivity index (χ3v) is 7.41. The number of likely N-dealkylation sites (N-methyl/N-ethyl adjacent to an activating group) is 1. The van der Waals surface area contributed by atoms with E-state index in [1.165, 1.54) is 24.6 Å². The summed E-state index contributed by atoms with van der Waals surface area (Å²) < 4.78 is 48.0. The van der Waals surface area contributed by atoms with Crippen LogP contribution >= 0.6 is 0 Å². The second-order valence-electron chi connectivity index (χ2n) is 10.0. The molecule has 0 radical (unpaired) electrons. The van der Waals surface area contributed by atoms with Crippen LogP contribution in [0.4, 0.5) is 39.5 Å². The molecule has 0 atom stereocenters. The van der Waals surface area contributed by atoms with E-state index in [0.29, 0.717) is 23.5 Å². The number of piperazine rings is 1. The van der Waals surface area contributed by atoms with E-state index in [-0.39, 0.29) is 11.7 Å². The number of amides is 2. The van der Waals surface area contributed by atoms with Crippen LogP contribution < -0.4 is 15.1 Å². The maximum Gasteiger partial charge on any atom is 0.490 e. The zero-order valence-electron chi connectivity index (χ0n) is 21.3. The van der Waals surface area contributed by atoms with Gasteiger partial charge in [-0.15, -0.1) is 0 Å². The number of urea groups is 1. The number of pyridine rings is 2. The number of carboxylic acid groups (broad SMARTS) is 1. The predicted molar refractivity (Wildman–Crippen MR) is 135 cm³/mol. The van der Waals surface area contributed by atoms with Gasteiger partial charge in [0.1, 0.15) is 11.5 Å². The Bertz CT molecular complexity index is 1440. The first-order valence-corrected chi connectivity index (χ1v) is 12.4. The van der Waals surface area contributed by atoms with Crippen LogP contribution in [0.2, 0.25) is 0 Å². The van der Waals surface area contributed by atoms with Crippen LogP contribution in [0.25, 0.3) is 5.65 Å². The zero-order valence-corrected chi connectivity index (χ0v) is 21.3. The Kier molecular flexibility index (Phi) is 6.61. The number of aromatic nitrogens is 3. The Morgan fingerprint density at radius 3 is 2.54 bits per heavy atom. The van der Waals surface area contributed by atoms with Crippen molar-refractivity contribution in [2.45, 2.75) is 37.9 Å². The van der Waals surface area contributed by atoms with E-state index in [4.69, 9.17) is 9.90 Å². The molecule has 2 N–H and O–H groups in total. The lowest BCUT2D eigenvalue weighted by atomic mass is 10.1. The second kappa shape index (κ2) is 9.67. The summed E-state index contributed by atoms with van der Waals surface area (Å²) in [5.41, 5.74) is 4.01. The highest BCUT2D eigenvalue weighted by atomic mass is 19.4. The monoisotopic (exact) mass is 549 g/mol. The van der Waals surface area contributed by atoms with Crippen molar-refractivity contribution >= 4 is 34.8 Å². The minimum absolute atomic E-state index is 0.124. The number of carbonyl (C=O) groups is 2. The van der Waals surface area contributed by atoms with E-state index in [0.717, 1.165) is 37.3 Å². The lowest BCUT2D eigenvalue weighted by Crippen LogP contribution is -2.53. The lowest BCUT2D eigenvalue weighted by Gasteiger charge is -2.41. The molecule has 2 fully saturated rings. The van der Waals surface area contributed by atoms with Gasteiger partial charge in [0, 0.05) is 67.6 Å². The Morgan fingerprint density at radius 2 is 1.87 bits per heavy atom. The highest BCUT2D eigenvalue weighted by Crippen LogP contribution is 2.45. The first-order chi connectivity index (χ1) is 18.4. The maximum absolute atomic E-state index is 14.6. The van der Waals surface area contributed by atoms with E-state index >= 15 is 0 Å². The van der Waals surface area contributed by atoms with Crippen LogP contribution in [0, 0.1) is 12.7 Å². The molecule has 2 amide bonds. The number of imidazole rings is 1. The molecule has 3 aliphatic rings. The summed E-state index contributed by atoms with van der Waals surface area (Å²) in [7, 11) is 2.22. The average Bonchev–Trinajstić information content (AvgIpc) is 3.34. The van der Waals surface area contributed by atoms with Gasteiger partial charge in [-0.3, -0.25) is 9.80 Å². The van der Waals surface area contributed by atoms with Crippen LogP contribution in [-0.4, -0.2) is 81.3 Å². The number of nitrogens with zero attached hydrogens (tertiary/aromatic N) is 6. The molecule has 2 aliphatic heterocycles. The Labute approximate surface area is 220 Å². The van der Waals surface area contributed by atoms with Crippen LogP contribution in [-0.2, 0) is 11.2 Å². The van der Waals surface area contributed by atoms with E-state index in [2.05, 4.69) is 38.2 Å². The van der Waals surface area contributed by atoms with Gasteiger partial charge >= 0.3 is 18.2 Å². The first-order valence-electron chi connectivity index (χ1n) is 12.4. The molecule has 0 unspecified atom stereocenters. The van der Waals surface area contributed by atoms with Crippen molar-refractivity contribution in [2.24, 2.45) is 0 Å². The second-order valence-corrected chi connectivity index (χ2v) is 10.0. The number of carboxylic acids is 1. The molecule has 0 bridgehead atoms. The summed E-state index contributed by atoms with van der Waals surface area (Å²) in [4.78, 5) is 37.3. The summed E-state index contributed by atoms with van der Waals surface area (Å²) in [6.07, 6.45) is 3.28. The number of hydrogen-bond acceptors (Lipinski definition) is 6. The quantitative estimate of drug-likeness (QED) is 0.470. The fraction of sp³-hybridized carbons (Fsp3) is 0.440. The van der Waals surface area contributed by atoms with Crippen molar-refractivity contribution < 1.29 is 32.3 Å². The fourth-order valence-corrected chi connectivity index (χ4v) is 5.13. The molecular formula is C25H27F4N7O3. The molecule has 3 aromatic heterocycles. The number of alkyl halides is 3. The molecule has 1 saturated carbocycles. The number of aliphatic carboxylic acids is 1. The Balaban J connectivity index is 0.000000392. The Hall–Kier alpha value is -3.94. The van der Waals surface area contributed by atoms with E-state index in [9.17, 15) is 22.4 Å². The number of anilines is 3. The third kappa shape index (κ3) is 5.20. The summed E-state index contributed by atoms with van der Waals surface area (Å²) in [5.74, 6) is -2.60. The number of rotatable bonds is 2. The molecule has 6 rings (SSSR count). The summed E-state index contributed by atoms with van der Waals surface area (Å²) in [6.45, 7) is 5.39. The number of aryl methyl sites for hydroxylation is 1. The molecule has 3 aromatic rings. The third-order valence-electron chi connectivity index (χ3n) is 7.41. The van der Waals surface area contributed by atoms with Gasteiger partial charge < -0.3 is 19.7 Å². The highest BCUT2D eigenvalue weighted by Gasteiger charge is 2.50. The summed E-state index contributed by atoms with van der Waals surface area (Å²) in [5, 5.41) is 9.85. The summed E-state index contributed by atoms with van der Waals surface area (Å²) >= 11 is 0. The van der Waals surface area contributed by atoms with Crippen molar-refractivity contribution in [3.8, 4) is 0 Å². The predicted octanol–water partition coefficient (Wildman–Crippen LogP) is 3.69. The molecule has 5 heterocycles. The smallest absolute Gasteiger partial charge is 0.475 e. The van der Waals surface area contributed by atoms with E-state index in [1.54, 1.807) is 27.9 Å². The molecule has 1 saturated heterocycles. The summed E-state index contributed by atoms with van der Waals surface area (Å²) in [6, 6.07) is 3.02. The first kappa shape index (κ1) is 26.7. The lowest BCUT2D eigenvalue weighted by molar-refractivity contribution is -0.192. The molecule has 0 aromatic carbocycles. The van der Waals surface area contributed by atoms with Crippen molar-refractivity contribution in [1.29, 1.82) is 0 Å². The van der Waals surface area contributed by atoms with Gasteiger partial charge in [-0.25, -0.2) is 23.9 Å². The van der Waals surface area contributed by atoms with Crippen LogP contribution in [0.15, 0.2) is 30.7 Å². The zero-order chi connectivity index (χ0) is 28.1. The minimum Gasteiger partial charge on any atom is -0.475 e. The molecule has 1 aliphatic carbocycles. The van der Waals surface area contributed by atoms with E-state index < -0.39 is 18.0 Å². The van der Waals surface area contributed by atoms with Gasteiger partial charge in [-0.2, -0.15) is 13.2 Å². The number of carbonyl (C=O) groups excluding carboxylic acids is 1. The van der Waals surface area contributed by atoms with Crippen LogP contribution in [0.5, 0.6) is 0 Å². The van der Waals surface area contributed by atoms with E-state index in [1.807, 2.05) is 6.92 Å². The van der Waals surface area contributed by atoms with Crippen molar-refractivity contribution in [3.05, 3.63) is 47.8 Å². The SMILES string of the molecule is Cc1cn2cc(NC(=O)N3CCc4c(N5CCN(C)C6(CC6)C5)ccnc43)c(F)cc2n1.O=C(O)C(F)(F)F. The largest absolute Gasteiger partial charge is 0.490 e. The van der Waals surface area contributed by atoms with Crippen LogP contribution in [0.1, 0.15) is 24.1 Å². The van der Waals surface area contributed by atoms with Gasteiger partial charge in [0.15, 0.2) is 5.82 Å². The molecule has 39 heavy (non-hydrogen) atoms. The minimum atomic E-state index is -5.08. The molecule has 14 heteroatoms. The number of halogens is 4. The molecular weight excluding hydrogens is 522 g/mol. The highest BCUT2D eigenvalue weighted by molar-refractivity contribution is 6.03. The molecule has 1 spiro atoms. The molecule has 10 nitrogen and oxygen atoms in total. The van der Waals surface area contributed by atoms with Crippen molar-refractivity contribution in [2.75, 3.05) is 48.3 Å². The van der Waals surface area contributed by atoms with Gasteiger partial charge in [0.2, 0.25) is 0 Å². The average molecular weight is 550 g/mol. The van der Waals surface area contributed by atoms with Gasteiger partial charge in [0.25, 0.3) is 0 Å².